The van der Waals surface area contributed by atoms with Gasteiger partial charge < -0.3 is 9.47 Å². The van der Waals surface area contributed by atoms with Crippen LogP contribution in [-0.4, -0.2) is 29.8 Å². The number of nitrogens with zero attached hydrogens (tertiary/aromatic N) is 2. The molecule has 0 atom stereocenters. The fourth-order valence-corrected chi connectivity index (χ4v) is 2.36. The van der Waals surface area contributed by atoms with Gasteiger partial charge in [-0.1, -0.05) is 0 Å². The zero-order valence-electron chi connectivity index (χ0n) is 9.76. The molecule has 0 unspecified atom stereocenters. The quantitative estimate of drug-likeness (QED) is 0.778. The molecule has 2 rings (SSSR count). The molecule has 5 nitrogen and oxygen atoms in total. The SMILES string of the molecule is COc1ccsc1C(=O)c1c(OC)cnn1C. The molecule has 2 aromatic rings. The number of hydrogen-bond donors (Lipinski definition) is 0. The average Bonchev–Trinajstić information content (AvgIpc) is 2.93. The second-order valence-corrected chi connectivity index (χ2v) is 4.25. The fraction of sp³-hybridized carbons (Fsp3) is 0.273. The van der Waals surface area contributed by atoms with Crippen molar-refractivity contribution in [3.8, 4) is 11.5 Å². The molecule has 0 saturated carbocycles. The maximum Gasteiger partial charge on any atom is 0.228 e. The molecule has 0 bridgehead atoms. The normalized spacial score (nSPS) is 10.3. The molecule has 0 spiro atoms. The highest BCUT2D eigenvalue weighted by molar-refractivity contribution is 7.12. The number of carbonyl (C=O) groups is 1. The van der Waals surface area contributed by atoms with Gasteiger partial charge in [-0.3, -0.25) is 9.48 Å². The summed E-state index contributed by atoms with van der Waals surface area (Å²) < 4.78 is 11.8. The lowest BCUT2D eigenvalue weighted by Gasteiger charge is -2.04. The van der Waals surface area contributed by atoms with E-state index < -0.39 is 0 Å². The van der Waals surface area contributed by atoms with Crippen LogP contribution < -0.4 is 9.47 Å². The van der Waals surface area contributed by atoms with Crippen LogP contribution in [0.3, 0.4) is 0 Å². The summed E-state index contributed by atoms with van der Waals surface area (Å²) in [4.78, 5) is 12.9. The Balaban J connectivity index is 2.47. The first-order valence-electron chi connectivity index (χ1n) is 4.91. The minimum Gasteiger partial charge on any atom is -0.495 e. The summed E-state index contributed by atoms with van der Waals surface area (Å²) in [6, 6.07) is 1.76. The van der Waals surface area contributed by atoms with Crippen LogP contribution in [0.15, 0.2) is 17.6 Å². The molecule has 0 aliphatic rings. The lowest BCUT2D eigenvalue weighted by molar-refractivity contribution is 0.102. The minimum atomic E-state index is -0.145. The number of aryl methyl sites for hydroxylation is 1. The molecule has 0 amide bonds. The van der Waals surface area contributed by atoms with Crippen molar-refractivity contribution in [1.29, 1.82) is 0 Å². The van der Waals surface area contributed by atoms with Crippen molar-refractivity contribution in [3.05, 3.63) is 28.2 Å². The van der Waals surface area contributed by atoms with Crippen LogP contribution >= 0.6 is 11.3 Å². The van der Waals surface area contributed by atoms with Crippen molar-refractivity contribution in [1.82, 2.24) is 9.78 Å². The third-order valence-corrected chi connectivity index (χ3v) is 3.29. The van der Waals surface area contributed by atoms with Crippen LogP contribution in [0, 0.1) is 0 Å². The van der Waals surface area contributed by atoms with Gasteiger partial charge in [0, 0.05) is 7.05 Å². The van der Waals surface area contributed by atoms with E-state index in [1.165, 1.54) is 29.3 Å². The summed E-state index contributed by atoms with van der Waals surface area (Å²) in [6.45, 7) is 0. The first kappa shape index (κ1) is 11.7. The van der Waals surface area contributed by atoms with Crippen molar-refractivity contribution in [2.75, 3.05) is 14.2 Å². The Morgan fingerprint density at radius 1 is 1.35 bits per heavy atom. The summed E-state index contributed by atoms with van der Waals surface area (Å²) in [7, 11) is 4.76. The molecule has 0 aliphatic heterocycles. The highest BCUT2D eigenvalue weighted by Gasteiger charge is 2.23. The second kappa shape index (κ2) is 4.58. The number of rotatable bonds is 4. The molecule has 0 aromatic carbocycles. The summed E-state index contributed by atoms with van der Waals surface area (Å²) in [5.41, 5.74) is 0.424. The van der Waals surface area contributed by atoms with Crippen LogP contribution in [0.1, 0.15) is 15.4 Å². The number of aromatic nitrogens is 2. The molecule has 0 saturated heterocycles. The van der Waals surface area contributed by atoms with Gasteiger partial charge in [-0.25, -0.2) is 0 Å². The Kier molecular flexibility index (Phi) is 3.14. The summed E-state index contributed by atoms with van der Waals surface area (Å²) in [5, 5.41) is 5.82. The van der Waals surface area contributed by atoms with Crippen LogP contribution in [-0.2, 0) is 7.05 Å². The molecular formula is C11H12N2O3S. The Morgan fingerprint density at radius 2 is 2.06 bits per heavy atom. The van der Waals surface area contributed by atoms with Gasteiger partial charge in [0.1, 0.15) is 10.6 Å². The van der Waals surface area contributed by atoms with Crippen molar-refractivity contribution in [2.24, 2.45) is 7.05 Å². The fourth-order valence-electron chi connectivity index (χ4n) is 1.56. The predicted molar refractivity (Wildman–Crippen MR) is 64.1 cm³/mol. The predicted octanol–water partition coefficient (Wildman–Crippen LogP) is 1.73. The Labute approximate surface area is 103 Å². The molecule has 0 N–H and O–H groups in total. The molecule has 90 valence electrons. The van der Waals surface area contributed by atoms with Crippen LogP contribution in [0.5, 0.6) is 11.5 Å². The minimum absolute atomic E-state index is 0.145. The summed E-state index contributed by atoms with van der Waals surface area (Å²) in [6.07, 6.45) is 1.52. The topological polar surface area (TPSA) is 53.4 Å². The molecule has 0 radical (unpaired) electrons. The van der Waals surface area contributed by atoms with E-state index in [2.05, 4.69) is 5.10 Å². The van der Waals surface area contributed by atoms with Crippen LogP contribution in [0.4, 0.5) is 0 Å². The number of hydrogen-bond acceptors (Lipinski definition) is 5. The van der Waals surface area contributed by atoms with Gasteiger partial charge in [0.25, 0.3) is 0 Å². The maximum atomic E-state index is 12.3. The van der Waals surface area contributed by atoms with E-state index >= 15 is 0 Å². The van der Waals surface area contributed by atoms with E-state index in [1.807, 2.05) is 5.38 Å². The van der Waals surface area contributed by atoms with Crippen LogP contribution in [0.2, 0.25) is 0 Å². The van der Waals surface area contributed by atoms with E-state index in [9.17, 15) is 4.79 Å². The highest BCUT2D eigenvalue weighted by Crippen LogP contribution is 2.29. The van der Waals surface area contributed by atoms with E-state index in [1.54, 1.807) is 20.2 Å². The van der Waals surface area contributed by atoms with Crippen molar-refractivity contribution in [2.45, 2.75) is 0 Å². The first-order valence-corrected chi connectivity index (χ1v) is 5.79. The number of ether oxygens (including phenoxy) is 2. The van der Waals surface area contributed by atoms with E-state index in [-0.39, 0.29) is 5.78 Å². The van der Waals surface area contributed by atoms with E-state index in [0.717, 1.165) is 0 Å². The molecule has 0 fully saturated rings. The smallest absolute Gasteiger partial charge is 0.228 e. The number of methoxy groups -OCH3 is 2. The van der Waals surface area contributed by atoms with Gasteiger partial charge in [0.2, 0.25) is 5.78 Å². The largest absolute Gasteiger partial charge is 0.495 e. The lowest BCUT2D eigenvalue weighted by atomic mass is 10.2. The molecular weight excluding hydrogens is 240 g/mol. The summed E-state index contributed by atoms with van der Waals surface area (Å²) in [5.74, 6) is 0.893. The van der Waals surface area contributed by atoms with Gasteiger partial charge in [-0.15, -0.1) is 11.3 Å². The van der Waals surface area contributed by atoms with E-state index in [0.29, 0.717) is 22.1 Å². The first-order chi connectivity index (χ1) is 8.19. The molecule has 0 aliphatic carbocycles. The van der Waals surface area contributed by atoms with Gasteiger partial charge in [-0.2, -0.15) is 5.10 Å². The number of ketones is 1. The monoisotopic (exact) mass is 252 g/mol. The van der Waals surface area contributed by atoms with E-state index in [4.69, 9.17) is 9.47 Å². The van der Waals surface area contributed by atoms with Crippen molar-refractivity contribution in [3.63, 3.8) is 0 Å². The standard InChI is InChI=1S/C11H12N2O3S/c1-13-9(8(16-3)6-12-13)10(14)11-7(15-2)4-5-17-11/h4-6H,1-3H3. The van der Waals surface area contributed by atoms with Gasteiger partial charge in [0.15, 0.2) is 11.4 Å². The Bertz CT molecular complexity index is 545. The zero-order valence-corrected chi connectivity index (χ0v) is 10.6. The number of thiophene rings is 1. The second-order valence-electron chi connectivity index (χ2n) is 3.33. The summed E-state index contributed by atoms with van der Waals surface area (Å²) >= 11 is 1.34. The molecule has 17 heavy (non-hydrogen) atoms. The van der Waals surface area contributed by atoms with Gasteiger partial charge >= 0.3 is 0 Å². The number of carbonyl (C=O) groups excluding carboxylic acids is 1. The zero-order chi connectivity index (χ0) is 12.4. The third kappa shape index (κ3) is 1.91. The molecule has 2 heterocycles. The third-order valence-electron chi connectivity index (χ3n) is 2.40. The van der Waals surface area contributed by atoms with Crippen molar-refractivity contribution < 1.29 is 14.3 Å². The Morgan fingerprint density at radius 3 is 2.71 bits per heavy atom. The van der Waals surface area contributed by atoms with Gasteiger partial charge in [0.05, 0.1) is 20.4 Å². The molecule has 2 aromatic heterocycles. The van der Waals surface area contributed by atoms with Crippen LogP contribution in [0.25, 0.3) is 0 Å². The van der Waals surface area contributed by atoms with Gasteiger partial charge in [-0.05, 0) is 11.4 Å². The average molecular weight is 252 g/mol. The maximum absolute atomic E-state index is 12.3. The molecule has 6 heteroatoms. The lowest BCUT2D eigenvalue weighted by Crippen LogP contribution is -2.09. The highest BCUT2D eigenvalue weighted by atomic mass is 32.1. The van der Waals surface area contributed by atoms with Crippen molar-refractivity contribution >= 4 is 17.1 Å². The Hall–Kier alpha value is -1.82.